The lowest BCUT2D eigenvalue weighted by Crippen LogP contribution is -2.43. The average Bonchev–Trinajstić information content (AvgIpc) is 2.48. The molecule has 132 valence electrons. The zero-order valence-electron chi connectivity index (χ0n) is 15.0. The highest BCUT2D eigenvalue weighted by Crippen LogP contribution is 2.08. The maximum atomic E-state index is 12.1. The first-order valence-corrected chi connectivity index (χ1v) is 7.68. The van der Waals surface area contributed by atoms with Gasteiger partial charge in [-0.15, -0.1) is 0 Å². The highest BCUT2D eigenvalue weighted by atomic mass is 16.2. The van der Waals surface area contributed by atoms with Gasteiger partial charge in [-0.1, -0.05) is 17.7 Å². The molecule has 0 unspecified atom stereocenters. The first kappa shape index (κ1) is 19.6. The second-order valence-electron chi connectivity index (χ2n) is 6.12. The monoisotopic (exact) mass is 334 g/mol. The Balaban J connectivity index is 2.42. The number of likely N-dealkylation sites (N-methyl/N-ethyl adjacent to an activating group) is 3. The largest absolute Gasteiger partial charge is 0.347 e. The number of amides is 3. The highest BCUT2D eigenvalue weighted by Gasteiger charge is 2.17. The maximum absolute atomic E-state index is 12.1. The molecular weight excluding hydrogens is 308 g/mol. The third-order valence-corrected chi connectivity index (χ3v) is 3.45. The van der Waals surface area contributed by atoms with E-state index in [2.05, 4.69) is 5.32 Å². The van der Waals surface area contributed by atoms with E-state index in [9.17, 15) is 14.4 Å². The molecule has 0 aliphatic heterocycles. The first-order chi connectivity index (χ1) is 11.2. The maximum Gasteiger partial charge on any atom is 0.241 e. The van der Waals surface area contributed by atoms with Crippen molar-refractivity contribution in [3.05, 3.63) is 29.8 Å². The van der Waals surface area contributed by atoms with Crippen LogP contribution in [0.4, 0.5) is 5.69 Å². The van der Waals surface area contributed by atoms with E-state index < -0.39 is 0 Å². The van der Waals surface area contributed by atoms with E-state index in [1.165, 1.54) is 9.80 Å². The highest BCUT2D eigenvalue weighted by molar-refractivity contribution is 5.92. The number of benzene rings is 1. The van der Waals surface area contributed by atoms with E-state index in [1.54, 1.807) is 33.1 Å². The molecule has 0 radical (unpaired) electrons. The van der Waals surface area contributed by atoms with Crippen LogP contribution in [0.15, 0.2) is 24.3 Å². The van der Waals surface area contributed by atoms with Crippen molar-refractivity contribution in [3.63, 3.8) is 0 Å². The molecular formula is C17H26N4O3. The third kappa shape index (κ3) is 6.78. The van der Waals surface area contributed by atoms with Crippen LogP contribution in [0.5, 0.6) is 0 Å². The smallest absolute Gasteiger partial charge is 0.241 e. The Morgan fingerprint density at radius 1 is 0.875 bits per heavy atom. The molecule has 24 heavy (non-hydrogen) atoms. The van der Waals surface area contributed by atoms with Crippen LogP contribution in [0.1, 0.15) is 5.56 Å². The van der Waals surface area contributed by atoms with Crippen molar-refractivity contribution in [2.75, 3.05) is 53.1 Å². The summed E-state index contributed by atoms with van der Waals surface area (Å²) in [6, 6.07) is 7.50. The number of anilines is 1. The molecule has 0 atom stereocenters. The fourth-order valence-electron chi connectivity index (χ4n) is 1.92. The van der Waals surface area contributed by atoms with Crippen LogP contribution in [0.25, 0.3) is 0 Å². The van der Waals surface area contributed by atoms with Crippen LogP contribution in [0.2, 0.25) is 0 Å². The standard InChI is InChI=1S/C17H26N4O3/c1-13-6-8-14(9-7-13)18-15(22)10-20(4)11-17(24)21(5)12-16(23)19(2)3/h6-9H,10-12H2,1-5H3,(H,18,22). The summed E-state index contributed by atoms with van der Waals surface area (Å²) in [6.07, 6.45) is 0. The third-order valence-electron chi connectivity index (χ3n) is 3.45. The Labute approximate surface area is 143 Å². The van der Waals surface area contributed by atoms with Crippen molar-refractivity contribution in [1.82, 2.24) is 14.7 Å². The summed E-state index contributed by atoms with van der Waals surface area (Å²) in [5, 5.41) is 2.78. The molecule has 7 nitrogen and oxygen atoms in total. The van der Waals surface area contributed by atoms with Crippen LogP contribution in [0, 0.1) is 6.92 Å². The first-order valence-electron chi connectivity index (χ1n) is 7.68. The van der Waals surface area contributed by atoms with Crippen LogP contribution in [0.3, 0.4) is 0 Å². The molecule has 0 saturated carbocycles. The molecule has 1 aromatic rings. The van der Waals surface area contributed by atoms with Gasteiger partial charge >= 0.3 is 0 Å². The van der Waals surface area contributed by atoms with Crippen LogP contribution < -0.4 is 5.32 Å². The van der Waals surface area contributed by atoms with Crippen molar-refractivity contribution >= 4 is 23.4 Å². The summed E-state index contributed by atoms with van der Waals surface area (Å²) in [6.45, 7) is 2.16. The number of hydrogen-bond donors (Lipinski definition) is 1. The van der Waals surface area contributed by atoms with Gasteiger partial charge in [-0.2, -0.15) is 0 Å². The van der Waals surface area contributed by atoms with Gasteiger partial charge < -0.3 is 15.1 Å². The fraction of sp³-hybridized carbons (Fsp3) is 0.471. The molecule has 3 amide bonds. The lowest BCUT2D eigenvalue weighted by Gasteiger charge is -2.22. The second kappa shape index (κ2) is 9.02. The van der Waals surface area contributed by atoms with Crippen molar-refractivity contribution in [1.29, 1.82) is 0 Å². The van der Waals surface area contributed by atoms with E-state index in [0.717, 1.165) is 11.3 Å². The van der Waals surface area contributed by atoms with E-state index >= 15 is 0 Å². The van der Waals surface area contributed by atoms with Gasteiger partial charge in [-0.05, 0) is 26.1 Å². The van der Waals surface area contributed by atoms with Crippen LogP contribution >= 0.6 is 0 Å². The van der Waals surface area contributed by atoms with Crippen molar-refractivity contribution in [2.45, 2.75) is 6.92 Å². The average molecular weight is 334 g/mol. The van der Waals surface area contributed by atoms with E-state index in [1.807, 2.05) is 31.2 Å². The number of carbonyl (C=O) groups is 3. The van der Waals surface area contributed by atoms with Gasteiger partial charge in [-0.25, -0.2) is 0 Å². The Hall–Kier alpha value is -2.41. The fourth-order valence-corrected chi connectivity index (χ4v) is 1.92. The van der Waals surface area contributed by atoms with Gasteiger partial charge in [-0.3, -0.25) is 19.3 Å². The summed E-state index contributed by atoms with van der Waals surface area (Å²) in [5.74, 6) is -0.553. The molecule has 0 saturated heterocycles. The summed E-state index contributed by atoms with van der Waals surface area (Å²) in [4.78, 5) is 40.1. The minimum Gasteiger partial charge on any atom is -0.347 e. The number of aryl methyl sites for hydroxylation is 1. The molecule has 0 aliphatic carbocycles. The normalized spacial score (nSPS) is 10.4. The SMILES string of the molecule is Cc1ccc(NC(=O)CN(C)CC(=O)N(C)CC(=O)N(C)C)cc1. The minimum absolute atomic E-state index is 0.0231. The van der Waals surface area contributed by atoms with Gasteiger partial charge in [0.25, 0.3) is 0 Å². The van der Waals surface area contributed by atoms with Crippen molar-refractivity contribution < 1.29 is 14.4 Å². The van der Waals surface area contributed by atoms with Gasteiger partial charge in [0.05, 0.1) is 19.6 Å². The molecule has 1 aromatic carbocycles. The van der Waals surface area contributed by atoms with Crippen molar-refractivity contribution in [2.24, 2.45) is 0 Å². The molecule has 0 aliphatic rings. The molecule has 1 rings (SSSR count). The number of rotatable bonds is 7. The van der Waals surface area contributed by atoms with E-state index in [4.69, 9.17) is 0 Å². The number of carbonyl (C=O) groups excluding carboxylic acids is 3. The van der Waals surface area contributed by atoms with E-state index in [-0.39, 0.29) is 37.4 Å². The summed E-state index contributed by atoms with van der Waals surface area (Å²) < 4.78 is 0. The van der Waals surface area contributed by atoms with Gasteiger partial charge in [0, 0.05) is 26.8 Å². The number of nitrogens with one attached hydrogen (secondary N) is 1. The number of hydrogen-bond acceptors (Lipinski definition) is 4. The van der Waals surface area contributed by atoms with Gasteiger partial charge in [0.1, 0.15) is 0 Å². The Bertz CT molecular complexity index is 584. The predicted octanol–water partition coefficient (Wildman–Crippen LogP) is 0.412. The van der Waals surface area contributed by atoms with Gasteiger partial charge in [0.15, 0.2) is 0 Å². The Morgan fingerprint density at radius 3 is 2.00 bits per heavy atom. The molecule has 0 heterocycles. The molecule has 7 heteroatoms. The predicted molar refractivity (Wildman–Crippen MR) is 93.6 cm³/mol. The lowest BCUT2D eigenvalue weighted by atomic mass is 10.2. The second-order valence-corrected chi connectivity index (χ2v) is 6.12. The molecule has 0 fully saturated rings. The van der Waals surface area contributed by atoms with E-state index in [0.29, 0.717) is 0 Å². The minimum atomic E-state index is -0.212. The Kier molecular flexibility index (Phi) is 7.38. The molecule has 0 aromatic heterocycles. The summed E-state index contributed by atoms with van der Waals surface area (Å²) in [7, 11) is 6.54. The zero-order valence-corrected chi connectivity index (χ0v) is 15.0. The molecule has 0 spiro atoms. The zero-order chi connectivity index (χ0) is 18.3. The summed E-state index contributed by atoms with van der Waals surface area (Å²) >= 11 is 0. The lowest BCUT2D eigenvalue weighted by molar-refractivity contribution is -0.138. The topological polar surface area (TPSA) is 73.0 Å². The van der Waals surface area contributed by atoms with Crippen molar-refractivity contribution in [3.8, 4) is 0 Å². The number of nitrogens with zero attached hydrogens (tertiary/aromatic N) is 3. The summed E-state index contributed by atoms with van der Waals surface area (Å²) in [5.41, 5.74) is 1.84. The quantitative estimate of drug-likeness (QED) is 0.784. The Morgan fingerprint density at radius 2 is 1.46 bits per heavy atom. The molecule has 0 bridgehead atoms. The van der Waals surface area contributed by atoms with Crippen LogP contribution in [-0.4, -0.2) is 80.2 Å². The van der Waals surface area contributed by atoms with Crippen LogP contribution in [-0.2, 0) is 14.4 Å². The van der Waals surface area contributed by atoms with Gasteiger partial charge in [0.2, 0.25) is 17.7 Å². The molecule has 1 N–H and O–H groups in total.